The Bertz CT molecular complexity index is 189. The fourth-order valence-corrected chi connectivity index (χ4v) is 0.899. The van der Waals surface area contributed by atoms with Gasteiger partial charge in [-0.1, -0.05) is 12.2 Å². The number of carbonyl (C=O) groups excluding carboxylic acids is 1. The monoisotopic (exact) mass is 138 g/mol. The lowest BCUT2D eigenvalue weighted by Crippen LogP contribution is -1.95. The fourth-order valence-electron chi connectivity index (χ4n) is 0.899. The molecule has 2 nitrogen and oxygen atoms in total. The third-order valence-electron chi connectivity index (χ3n) is 1.44. The van der Waals surface area contributed by atoms with Gasteiger partial charge in [-0.15, -0.1) is 0 Å². The van der Waals surface area contributed by atoms with Crippen molar-refractivity contribution in [2.75, 3.05) is 7.11 Å². The second-order valence-electron chi connectivity index (χ2n) is 2.18. The molecule has 1 aliphatic rings. The van der Waals surface area contributed by atoms with Crippen LogP contribution in [-0.2, 0) is 9.53 Å². The zero-order valence-electron chi connectivity index (χ0n) is 5.96. The van der Waals surface area contributed by atoms with E-state index in [0.717, 1.165) is 18.4 Å². The summed E-state index contributed by atoms with van der Waals surface area (Å²) in [7, 11) is 1.39. The molecule has 54 valence electrons. The molecule has 0 aromatic carbocycles. The molecule has 1 rings (SSSR count). The zero-order valence-corrected chi connectivity index (χ0v) is 5.96. The summed E-state index contributed by atoms with van der Waals surface area (Å²) in [6.45, 7) is 0. The molecule has 0 bridgehead atoms. The summed E-state index contributed by atoms with van der Waals surface area (Å²) in [6.07, 6.45) is 7.55. The van der Waals surface area contributed by atoms with Gasteiger partial charge >= 0.3 is 5.97 Å². The van der Waals surface area contributed by atoms with Crippen LogP contribution in [0.1, 0.15) is 12.8 Å². The molecule has 0 heterocycles. The fraction of sp³-hybridized carbons (Fsp3) is 0.375. The molecule has 0 aliphatic heterocycles. The quantitative estimate of drug-likeness (QED) is 0.405. The van der Waals surface area contributed by atoms with E-state index in [2.05, 4.69) is 10.8 Å². The van der Waals surface area contributed by atoms with Crippen LogP contribution < -0.4 is 0 Å². The van der Waals surface area contributed by atoms with Crippen LogP contribution in [0.3, 0.4) is 0 Å². The molecule has 0 aromatic rings. The molecule has 0 radical (unpaired) electrons. The maximum atomic E-state index is 10.6. The molecule has 0 atom stereocenters. The van der Waals surface area contributed by atoms with E-state index in [0.29, 0.717) is 0 Å². The molecule has 0 unspecified atom stereocenters. The normalized spacial score (nSPS) is 19.9. The maximum absolute atomic E-state index is 10.6. The highest BCUT2D eigenvalue weighted by Crippen LogP contribution is 2.14. The zero-order chi connectivity index (χ0) is 7.40. The van der Waals surface area contributed by atoms with Crippen molar-refractivity contribution in [3.63, 3.8) is 0 Å². The average molecular weight is 138 g/mol. The minimum Gasteiger partial charge on any atom is -0.466 e. The van der Waals surface area contributed by atoms with Crippen molar-refractivity contribution in [1.29, 1.82) is 0 Å². The Morgan fingerprint density at radius 2 is 2.60 bits per heavy atom. The van der Waals surface area contributed by atoms with E-state index in [1.54, 1.807) is 0 Å². The van der Waals surface area contributed by atoms with Crippen LogP contribution in [-0.4, -0.2) is 13.1 Å². The van der Waals surface area contributed by atoms with Crippen LogP contribution in [0.15, 0.2) is 23.8 Å². The van der Waals surface area contributed by atoms with Gasteiger partial charge in [0, 0.05) is 6.08 Å². The molecule has 0 fully saturated rings. The lowest BCUT2D eigenvalue weighted by Gasteiger charge is -1.92. The van der Waals surface area contributed by atoms with Crippen molar-refractivity contribution >= 4 is 5.97 Å². The van der Waals surface area contributed by atoms with Crippen LogP contribution >= 0.6 is 0 Å². The summed E-state index contributed by atoms with van der Waals surface area (Å²) in [5, 5.41) is 0. The van der Waals surface area contributed by atoms with E-state index >= 15 is 0 Å². The number of hydrogen-bond acceptors (Lipinski definition) is 2. The lowest BCUT2D eigenvalue weighted by molar-refractivity contribution is -0.134. The summed E-state index contributed by atoms with van der Waals surface area (Å²) in [5.74, 6) is -0.262. The topological polar surface area (TPSA) is 26.3 Å². The van der Waals surface area contributed by atoms with Crippen molar-refractivity contribution in [2.45, 2.75) is 12.8 Å². The van der Waals surface area contributed by atoms with Crippen LogP contribution in [0.2, 0.25) is 0 Å². The van der Waals surface area contributed by atoms with E-state index in [1.807, 2.05) is 6.08 Å². The molecule has 0 spiro atoms. The second kappa shape index (κ2) is 3.20. The second-order valence-corrected chi connectivity index (χ2v) is 2.18. The Hall–Kier alpha value is -1.05. The van der Waals surface area contributed by atoms with Gasteiger partial charge in [0.25, 0.3) is 0 Å². The van der Waals surface area contributed by atoms with Gasteiger partial charge in [-0.3, -0.25) is 0 Å². The van der Waals surface area contributed by atoms with Crippen molar-refractivity contribution < 1.29 is 9.53 Å². The molecule has 0 saturated heterocycles. The molecule has 0 N–H and O–H groups in total. The van der Waals surface area contributed by atoms with E-state index in [9.17, 15) is 4.79 Å². The first-order chi connectivity index (χ1) is 4.83. The lowest BCUT2D eigenvalue weighted by atomic mass is 10.2. The van der Waals surface area contributed by atoms with Gasteiger partial charge in [-0.25, -0.2) is 4.79 Å². The van der Waals surface area contributed by atoms with Crippen molar-refractivity contribution in [3.05, 3.63) is 23.8 Å². The predicted octanol–water partition coefficient (Wildman–Crippen LogP) is 1.44. The number of esters is 1. The summed E-state index contributed by atoms with van der Waals surface area (Å²) in [4.78, 5) is 10.6. The van der Waals surface area contributed by atoms with Gasteiger partial charge in [0.15, 0.2) is 0 Å². The predicted molar refractivity (Wildman–Crippen MR) is 38.5 cm³/mol. The molecule has 0 saturated carbocycles. The summed E-state index contributed by atoms with van der Waals surface area (Å²) >= 11 is 0. The van der Waals surface area contributed by atoms with Gasteiger partial charge in [0.1, 0.15) is 0 Å². The number of carbonyl (C=O) groups is 1. The highest BCUT2D eigenvalue weighted by molar-refractivity contribution is 5.83. The summed E-state index contributed by atoms with van der Waals surface area (Å²) in [5.41, 5.74) is 1.06. The Labute approximate surface area is 60.2 Å². The average Bonchev–Trinajstić information content (AvgIpc) is 2.40. The van der Waals surface area contributed by atoms with E-state index in [4.69, 9.17) is 0 Å². The summed E-state index contributed by atoms with van der Waals surface area (Å²) < 4.78 is 4.46. The largest absolute Gasteiger partial charge is 0.466 e. The van der Waals surface area contributed by atoms with Gasteiger partial charge in [-0.2, -0.15) is 0 Å². The van der Waals surface area contributed by atoms with Crippen LogP contribution in [0.5, 0.6) is 0 Å². The van der Waals surface area contributed by atoms with Gasteiger partial charge in [-0.05, 0) is 18.4 Å². The Morgan fingerprint density at radius 1 is 1.80 bits per heavy atom. The molecule has 1 aliphatic carbocycles. The van der Waals surface area contributed by atoms with Crippen LogP contribution in [0.4, 0.5) is 0 Å². The van der Waals surface area contributed by atoms with Gasteiger partial charge < -0.3 is 4.74 Å². The number of ether oxygens (including phenoxy) is 1. The highest BCUT2D eigenvalue weighted by Gasteiger charge is 2.01. The maximum Gasteiger partial charge on any atom is 0.330 e. The summed E-state index contributed by atoms with van der Waals surface area (Å²) in [6, 6.07) is 0. The molecule has 10 heavy (non-hydrogen) atoms. The first-order valence-corrected chi connectivity index (χ1v) is 3.28. The van der Waals surface area contributed by atoms with Crippen molar-refractivity contribution in [3.8, 4) is 0 Å². The molecule has 2 heteroatoms. The first-order valence-electron chi connectivity index (χ1n) is 3.28. The number of allylic oxidation sites excluding steroid dienone is 3. The smallest absolute Gasteiger partial charge is 0.330 e. The third-order valence-corrected chi connectivity index (χ3v) is 1.44. The number of rotatable bonds is 1. The standard InChI is InChI=1S/C8H10O2/c1-10-8(9)6-7-4-2-3-5-7/h2,4,6H,3,5H2,1H3/b7-6+. The molecular weight excluding hydrogens is 128 g/mol. The Morgan fingerprint density at radius 3 is 3.10 bits per heavy atom. The highest BCUT2D eigenvalue weighted by atomic mass is 16.5. The number of hydrogen-bond donors (Lipinski definition) is 0. The van der Waals surface area contributed by atoms with Gasteiger partial charge in [0.2, 0.25) is 0 Å². The van der Waals surface area contributed by atoms with Crippen molar-refractivity contribution in [2.24, 2.45) is 0 Å². The SMILES string of the molecule is COC(=O)/C=C1\C=CCC1. The van der Waals surface area contributed by atoms with Crippen LogP contribution in [0, 0.1) is 0 Å². The Kier molecular flexibility index (Phi) is 2.26. The van der Waals surface area contributed by atoms with E-state index < -0.39 is 0 Å². The molecule has 0 amide bonds. The third kappa shape index (κ3) is 1.72. The minimum atomic E-state index is -0.262. The van der Waals surface area contributed by atoms with E-state index in [1.165, 1.54) is 13.2 Å². The van der Waals surface area contributed by atoms with Crippen molar-refractivity contribution in [1.82, 2.24) is 0 Å². The first kappa shape index (κ1) is 7.06. The van der Waals surface area contributed by atoms with E-state index in [-0.39, 0.29) is 5.97 Å². The van der Waals surface area contributed by atoms with Crippen LogP contribution in [0.25, 0.3) is 0 Å². The molecular formula is C8H10O2. The minimum absolute atomic E-state index is 0.262. The Balaban J connectivity index is 2.54. The molecule has 0 aromatic heterocycles. The number of methoxy groups -OCH3 is 1. The van der Waals surface area contributed by atoms with Gasteiger partial charge in [0.05, 0.1) is 7.11 Å².